The van der Waals surface area contributed by atoms with Crippen molar-refractivity contribution in [2.24, 2.45) is 11.8 Å². The van der Waals surface area contributed by atoms with E-state index in [1.165, 1.54) is 22.3 Å². The van der Waals surface area contributed by atoms with Crippen molar-refractivity contribution >= 4 is 18.0 Å². The molecule has 1 aliphatic heterocycles. The first kappa shape index (κ1) is 23.4. The van der Waals surface area contributed by atoms with Gasteiger partial charge in [-0.3, -0.25) is 9.59 Å². The minimum atomic E-state index is -0.794. The molecule has 2 aromatic carbocycles. The number of hydrogen-bond donors (Lipinski definition) is 2. The molecule has 2 amide bonds. The van der Waals surface area contributed by atoms with E-state index < -0.39 is 12.1 Å². The molecule has 1 saturated heterocycles. The molecule has 0 radical (unpaired) electrons. The molecule has 1 saturated carbocycles. The number of aliphatic carboxylic acids is 1. The lowest BCUT2D eigenvalue weighted by atomic mass is 9.98. The van der Waals surface area contributed by atoms with Crippen LogP contribution in [-0.2, 0) is 14.3 Å². The molecule has 7 nitrogen and oxygen atoms in total. The average Bonchev–Trinajstić information content (AvgIpc) is 3.59. The first-order chi connectivity index (χ1) is 17.0. The van der Waals surface area contributed by atoms with Crippen LogP contribution in [-0.4, -0.2) is 53.7 Å². The molecule has 2 aliphatic carbocycles. The number of benzene rings is 2. The van der Waals surface area contributed by atoms with Gasteiger partial charge in [-0.15, -0.1) is 0 Å². The highest BCUT2D eigenvalue weighted by Crippen LogP contribution is 2.44. The van der Waals surface area contributed by atoms with Crippen molar-refractivity contribution in [2.45, 2.75) is 50.5 Å². The molecule has 0 bridgehead atoms. The maximum absolute atomic E-state index is 13.2. The molecule has 5 rings (SSSR count). The summed E-state index contributed by atoms with van der Waals surface area (Å²) in [5.41, 5.74) is 4.71. The highest BCUT2D eigenvalue weighted by atomic mass is 16.5. The molecule has 2 fully saturated rings. The number of rotatable bonds is 7. The highest BCUT2D eigenvalue weighted by Gasteiger charge is 2.39. The summed E-state index contributed by atoms with van der Waals surface area (Å²) in [7, 11) is 0. The Morgan fingerprint density at radius 2 is 1.66 bits per heavy atom. The van der Waals surface area contributed by atoms with E-state index in [2.05, 4.69) is 29.6 Å². The zero-order valence-electron chi connectivity index (χ0n) is 19.8. The zero-order valence-corrected chi connectivity index (χ0v) is 19.8. The molecule has 7 heteroatoms. The predicted molar refractivity (Wildman–Crippen MR) is 131 cm³/mol. The SMILES string of the molecule is O=C(O)CCC1CCN(C(=O)C2CCCC2NC(=O)OCC2c3ccccc3-c3ccccc32)C1. The third-order valence-corrected chi connectivity index (χ3v) is 7.84. The summed E-state index contributed by atoms with van der Waals surface area (Å²) in [5.74, 6) is -0.720. The Morgan fingerprint density at radius 1 is 0.971 bits per heavy atom. The van der Waals surface area contributed by atoms with Crippen LogP contribution in [0.1, 0.15) is 55.6 Å². The molecular weight excluding hydrogens is 444 g/mol. The summed E-state index contributed by atoms with van der Waals surface area (Å²) >= 11 is 0. The number of likely N-dealkylation sites (tertiary alicyclic amines) is 1. The van der Waals surface area contributed by atoms with E-state index in [4.69, 9.17) is 9.84 Å². The van der Waals surface area contributed by atoms with Gasteiger partial charge in [0.2, 0.25) is 5.91 Å². The lowest BCUT2D eigenvalue weighted by Crippen LogP contribution is -2.45. The Balaban J connectivity index is 1.16. The van der Waals surface area contributed by atoms with Gasteiger partial charge in [0.05, 0.1) is 5.92 Å². The van der Waals surface area contributed by atoms with Crippen molar-refractivity contribution < 1.29 is 24.2 Å². The van der Waals surface area contributed by atoms with E-state index >= 15 is 0 Å². The van der Waals surface area contributed by atoms with Crippen LogP contribution in [0.4, 0.5) is 4.79 Å². The van der Waals surface area contributed by atoms with Gasteiger partial charge in [0.1, 0.15) is 6.61 Å². The standard InChI is InChI=1S/C28H32N2O5/c31-26(32)13-12-18-14-15-30(16-18)27(33)23-10-5-11-25(23)29-28(34)35-17-24-21-8-3-1-6-19(21)20-7-2-4-9-22(20)24/h1-4,6-9,18,23-25H,5,10-17H2,(H,29,34)(H,31,32). The number of carbonyl (C=O) groups is 3. The summed E-state index contributed by atoms with van der Waals surface area (Å²) in [6.07, 6.45) is 3.52. The third-order valence-electron chi connectivity index (χ3n) is 7.84. The van der Waals surface area contributed by atoms with Gasteiger partial charge in [0.25, 0.3) is 0 Å². The summed E-state index contributed by atoms with van der Waals surface area (Å²) < 4.78 is 5.70. The molecule has 0 aromatic heterocycles. The molecule has 1 heterocycles. The summed E-state index contributed by atoms with van der Waals surface area (Å²) in [6, 6.07) is 16.2. The summed E-state index contributed by atoms with van der Waals surface area (Å²) in [6.45, 7) is 1.53. The molecular formula is C28H32N2O5. The highest BCUT2D eigenvalue weighted by molar-refractivity contribution is 5.81. The number of amides is 2. The number of carbonyl (C=O) groups excluding carboxylic acids is 2. The number of ether oxygens (including phenoxy) is 1. The number of hydrogen-bond acceptors (Lipinski definition) is 4. The number of fused-ring (bicyclic) bond motifs is 3. The quantitative estimate of drug-likeness (QED) is 0.617. The second-order valence-corrected chi connectivity index (χ2v) is 9.99. The van der Waals surface area contributed by atoms with Gasteiger partial charge in [-0.2, -0.15) is 0 Å². The topological polar surface area (TPSA) is 95.9 Å². The van der Waals surface area contributed by atoms with Crippen molar-refractivity contribution in [1.82, 2.24) is 10.2 Å². The van der Waals surface area contributed by atoms with Crippen LogP contribution < -0.4 is 5.32 Å². The van der Waals surface area contributed by atoms with E-state index in [1.54, 1.807) is 0 Å². The predicted octanol–water partition coefficient (Wildman–Crippen LogP) is 4.41. The van der Waals surface area contributed by atoms with E-state index in [-0.39, 0.29) is 42.7 Å². The minimum Gasteiger partial charge on any atom is -0.481 e. The monoisotopic (exact) mass is 476 g/mol. The van der Waals surface area contributed by atoms with Gasteiger partial charge in [0.15, 0.2) is 0 Å². The van der Waals surface area contributed by atoms with Gasteiger partial charge in [-0.1, -0.05) is 55.0 Å². The van der Waals surface area contributed by atoms with Gasteiger partial charge >= 0.3 is 12.1 Å². The molecule has 3 atom stereocenters. The first-order valence-electron chi connectivity index (χ1n) is 12.6. The van der Waals surface area contributed by atoms with Crippen LogP contribution in [0.2, 0.25) is 0 Å². The maximum atomic E-state index is 13.2. The van der Waals surface area contributed by atoms with Gasteiger partial charge in [-0.25, -0.2) is 4.79 Å². The lowest BCUT2D eigenvalue weighted by Gasteiger charge is -2.25. The number of nitrogens with one attached hydrogen (secondary N) is 1. The van der Waals surface area contributed by atoms with Crippen molar-refractivity contribution in [3.8, 4) is 11.1 Å². The number of alkyl carbamates (subject to hydrolysis) is 1. The number of carboxylic acid groups (broad SMARTS) is 1. The Hall–Kier alpha value is -3.35. The smallest absolute Gasteiger partial charge is 0.407 e. The molecule has 3 unspecified atom stereocenters. The van der Waals surface area contributed by atoms with Crippen LogP contribution in [0.3, 0.4) is 0 Å². The normalized spacial score (nSPS) is 23.1. The zero-order chi connectivity index (χ0) is 24.4. The lowest BCUT2D eigenvalue weighted by molar-refractivity contribution is -0.137. The van der Waals surface area contributed by atoms with Crippen LogP contribution in [0, 0.1) is 11.8 Å². The largest absolute Gasteiger partial charge is 0.481 e. The van der Waals surface area contributed by atoms with Crippen LogP contribution in [0.25, 0.3) is 11.1 Å². The van der Waals surface area contributed by atoms with Crippen molar-refractivity contribution in [3.05, 3.63) is 59.7 Å². The molecule has 3 aliphatic rings. The Kier molecular flexibility index (Phi) is 6.75. The van der Waals surface area contributed by atoms with Crippen molar-refractivity contribution in [3.63, 3.8) is 0 Å². The summed E-state index contributed by atoms with van der Waals surface area (Å²) in [5, 5.41) is 11.9. The Bertz CT molecular complexity index is 1070. The van der Waals surface area contributed by atoms with Gasteiger partial charge in [-0.05, 0) is 53.9 Å². The van der Waals surface area contributed by atoms with Crippen LogP contribution in [0.5, 0.6) is 0 Å². The van der Waals surface area contributed by atoms with E-state index in [0.29, 0.717) is 19.5 Å². The fourth-order valence-electron chi connectivity index (χ4n) is 6.05. The van der Waals surface area contributed by atoms with E-state index in [1.807, 2.05) is 29.2 Å². The third kappa shape index (κ3) is 4.90. The number of nitrogens with zero attached hydrogens (tertiary/aromatic N) is 1. The maximum Gasteiger partial charge on any atom is 0.407 e. The van der Waals surface area contributed by atoms with Crippen LogP contribution >= 0.6 is 0 Å². The Morgan fingerprint density at radius 3 is 2.34 bits per heavy atom. The number of carboxylic acids is 1. The van der Waals surface area contributed by atoms with Crippen LogP contribution in [0.15, 0.2) is 48.5 Å². The molecule has 2 N–H and O–H groups in total. The Labute approximate surface area is 205 Å². The fourth-order valence-corrected chi connectivity index (χ4v) is 6.05. The second kappa shape index (κ2) is 10.1. The van der Waals surface area contributed by atoms with Gasteiger partial charge in [0, 0.05) is 31.5 Å². The van der Waals surface area contributed by atoms with Crippen molar-refractivity contribution in [2.75, 3.05) is 19.7 Å². The average molecular weight is 477 g/mol. The van der Waals surface area contributed by atoms with E-state index in [0.717, 1.165) is 25.7 Å². The molecule has 0 spiro atoms. The van der Waals surface area contributed by atoms with Crippen molar-refractivity contribution in [1.29, 1.82) is 0 Å². The summed E-state index contributed by atoms with van der Waals surface area (Å²) in [4.78, 5) is 38.6. The molecule has 35 heavy (non-hydrogen) atoms. The molecule has 184 valence electrons. The fraction of sp³-hybridized carbons (Fsp3) is 0.464. The van der Waals surface area contributed by atoms with E-state index in [9.17, 15) is 14.4 Å². The molecule has 2 aromatic rings. The van der Waals surface area contributed by atoms with Gasteiger partial charge < -0.3 is 20.1 Å². The second-order valence-electron chi connectivity index (χ2n) is 9.99. The first-order valence-corrected chi connectivity index (χ1v) is 12.6. The minimum absolute atomic E-state index is 0.00138.